The van der Waals surface area contributed by atoms with Crippen LogP contribution in [0.2, 0.25) is 0 Å². The lowest BCUT2D eigenvalue weighted by molar-refractivity contribution is 0.119. The Morgan fingerprint density at radius 3 is 2.58 bits per heavy atom. The minimum Gasteiger partial charge on any atom is -0.508 e. The number of ether oxygens (including phenoxy) is 1. The Balaban J connectivity index is 0.00000180. The van der Waals surface area contributed by atoms with Gasteiger partial charge in [-0.2, -0.15) is 0 Å². The molecule has 0 aromatic heterocycles. The average molecular weight is 330 g/mol. The fraction of sp³-hybridized carbons (Fsp3) is 0.600. The van der Waals surface area contributed by atoms with Gasteiger partial charge in [0.15, 0.2) is 0 Å². The summed E-state index contributed by atoms with van der Waals surface area (Å²) in [6.07, 6.45) is 3.32. The number of aromatic hydroxyl groups is 1. The largest absolute Gasteiger partial charge is 0.508 e. The van der Waals surface area contributed by atoms with E-state index in [0.717, 1.165) is 37.4 Å². The SMILES string of the molecule is Br.CCCN(CCC)C1COc2ccc(O)cc2C1. The van der Waals surface area contributed by atoms with Crippen molar-refractivity contribution in [3.05, 3.63) is 23.8 Å². The molecule has 1 aliphatic heterocycles. The van der Waals surface area contributed by atoms with Gasteiger partial charge >= 0.3 is 0 Å². The molecule has 4 heteroatoms. The Kier molecular flexibility index (Phi) is 6.66. The molecule has 3 nitrogen and oxygen atoms in total. The van der Waals surface area contributed by atoms with Gasteiger partial charge in [-0.05, 0) is 56.1 Å². The second-order valence-corrected chi connectivity index (χ2v) is 5.00. The molecule has 0 saturated heterocycles. The molecular weight excluding hydrogens is 306 g/mol. The van der Waals surface area contributed by atoms with E-state index in [0.29, 0.717) is 11.8 Å². The van der Waals surface area contributed by atoms with E-state index in [-0.39, 0.29) is 17.0 Å². The predicted octanol–water partition coefficient (Wildman–Crippen LogP) is 3.40. The van der Waals surface area contributed by atoms with Gasteiger partial charge in [0, 0.05) is 6.04 Å². The van der Waals surface area contributed by atoms with Crippen LogP contribution in [0.5, 0.6) is 11.5 Å². The lowest BCUT2D eigenvalue weighted by atomic mass is 10.0. The van der Waals surface area contributed by atoms with Crippen LogP contribution in [0, 0.1) is 0 Å². The second kappa shape index (κ2) is 7.75. The molecule has 1 aliphatic rings. The second-order valence-electron chi connectivity index (χ2n) is 5.00. The van der Waals surface area contributed by atoms with Crippen LogP contribution >= 0.6 is 17.0 Å². The van der Waals surface area contributed by atoms with E-state index in [2.05, 4.69) is 18.7 Å². The quantitative estimate of drug-likeness (QED) is 0.898. The van der Waals surface area contributed by atoms with Crippen molar-refractivity contribution >= 4 is 17.0 Å². The number of hydrogen-bond acceptors (Lipinski definition) is 3. The summed E-state index contributed by atoms with van der Waals surface area (Å²) in [7, 11) is 0. The number of phenols is 1. The van der Waals surface area contributed by atoms with E-state index in [1.165, 1.54) is 12.8 Å². The number of halogens is 1. The topological polar surface area (TPSA) is 32.7 Å². The van der Waals surface area contributed by atoms with Crippen molar-refractivity contribution in [2.24, 2.45) is 0 Å². The monoisotopic (exact) mass is 329 g/mol. The molecular formula is C15H24BrNO2. The van der Waals surface area contributed by atoms with Crippen LogP contribution in [0.15, 0.2) is 18.2 Å². The van der Waals surface area contributed by atoms with Crippen LogP contribution in [0.1, 0.15) is 32.3 Å². The molecule has 108 valence electrons. The summed E-state index contributed by atoms with van der Waals surface area (Å²) in [5, 5.41) is 9.55. The Morgan fingerprint density at radius 1 is 1.26 bits per heavy atom. The third kappa shape index (κ3) is 4.11. The van der Waals surface area contributed by atoms with Gasteiger partial charge in [0.25, 0.3) is 0 Å². The fourth-order valence-corrected chi connectivity index (χ4v) is 2.65. The van der Waals surface area contributed by atoms with Crippen LogP contribution in [0.25, 0.3) is 0 Å². The maximum Gasteiger partial charge on any atom is 0.122 e. The third-order valence-electron chi connectivity index (χ3n) is 3.47. The smallest absolute Gasteiger partial charge is 0.122 e. The first-order chi connectivity index (χ1) is 8.74. The van der Waals surface area contributed by atoms with Crippen LogP contribution in [0.3, 0.4) is 0 Å². The van der Waals surface area contributed by atoms with E-state index in [1.54, 1.807) is 6.07 Å². The molecule has 1 unspecified atom stereocenters. The summed E-state index contributed by atoms with van der Waals surface area (Å²) in [6, 6.07) is 5.83. The Hall–Kier alpha value is -0.740. The zero-order valence-electron chi connectivity index (χ0n) is 11.8. The average Bonchev–Trinajstić information content (AvgIpc) is 2.37. The van der Waals surface area contributed by atoms with Gasteiger partial charge in [0.1, 0.15) is 18.1 Å². The summed E-state index contributed by atoms with van der Waals surface area (Å²) in [4.78, 5) is 2.51. The molecule has 0 bridgehead atoms. The Labute approximate surface area is 126 Å². The Bertz CT molecular complexity index is 392. The van der Waals surface area contributed by atoms with Crippen molar-refractivity contribution in [3.63, 3.8) is 0 Å². The highest BCUT2D eigenvalue weighted by Gasteiger charge is 2.24. The highest BCUT2D eigenvalue weighted by molar-refractivity contribution is 8.93. The van der Waals surface area contributed by atoms with Crippen LogP contribution in [0.4, 0.5) is 0 Å². The minimum absolute atomic E-state index is 0. The third-order valence-corrected chi connectivity index (χ3v) is 3.47. The molecule has 1 aromatic rings. The molecule has 1 aromatic carbocycles. The zero-order chi connectivity index (χ0) is 13.0. The van der Waals surface area contributed by atoms with Gasteiger partial charge in [-0.3, -0.25) is 4.90 Å². The number of benzene rings is 1. The zero-order valence-corrected chi connectivity index (χ0v) is 13.5. The lowest BCUT2D eigenvalue weighted by Crippen LogP contribution is -2.43. The van der Waals surface area contributed by atoms with Gasteiger partial charge in [0.2, 0.25) is 0 Å². The number of phenolic OH excluding ortho intramolecular Hbond substituents is 1. The first-order valence-electron chi connectivity index (χ1n) is 6.93. The summed E-state index contributed by atoms with van der Waals surface area (Å²) < 4.78 is 5.81. The highest BCUT2D eigenvalue weighted by atomic mass is 79.9. The molecule has 1 N–H and O–H groups in total. The van der Waals surface area contributed by atoms with Crippen molar-refractivity contribution in [2.45, 2.75) is 39.2 Å². The number of hydrogen-bond donors (Lipinski definition) is 1. The van der Waals surface area contributed by atoms with Gasteiger partial charge in [-0.15, -0.1) is 17.0 Å². The molecule has 19 heavy (non-hydrogen) atoms. The highest BCUT2D eigenvalue weighted by Crippen LogP contribution is 2.29. The molecule has 0 saturated carbocycles. The minimum atomic E-state index is 0. The van der Waals surface area contributed by atoms with Gasteiger partial charge < -0.3 is 9.84 Å². The van der Waals surface area contributed by atoms with E-state index in [9.17, 15) is 5.11 Å². The van der Waals surface area contributed by atoms with Crippen LogP contribution in [-0.4, -0.2) is 35.7 Å². The number of rotatable bonds is 5. The van der Waals surface area contributed by atoms with Crippen molar-refractivity contribution in [2.75, 3.05) is 19.7 Å². The first kappa shape index (κ1) is 16.3. The van der Waals surface area contributed by atoms with Gasteiger partial charge in [-0.25, -0.2) is 0 Å². The molecule has 0 fully saturated rings. The van der Waals surface area contributed by atoms with E-state index < -0.39 is 0 Å². The van der Waals surface area contributed by atoms with Crippen molar-refractivity contribution < 1.29 is 9.84 Å². The van der Waals surface area contributed by atoms with Crippen molar-refractivity contribution in [1.29, 1.82) is 0 Å². The molecule has 0 amide bonds. The van der Waals surface area contributed by atoms with Gasteiger partial charge in [-0.1, -0.05) is 13.8 Å². The summed E-state index contributed by atoms with van der Waals surface area (Å²) in [6.45, 7) is 7.43. The van der Waals surface area contributed by atoms with Crippen LogP contribution in [-0.2, 0) is 6.42 Å². The molecule has 0 aliphatic carbocycles. The maximum atomic E-state index is 9.55. The van der Waals surface area contributed by atoms with E-state index >= 15 is 0 Å². The summed E-state index contributed by atoms with van der Waals surface area (Å²) >= 11 is 0. The molecule has 2 rings (SSSR count). The summed E-state index contributed by atoms with van der Waals surface area (Å²) in [5.74, 6) is 1.26. The fourth-order valence-electron chi connectivity index (χ4n) is 2.65. The molecule has 0 radical (unpaired) electrons. The Morgan fingerprint density at radius 2 is 1.95 bits per heavy atom. The summed E-state index contributed by atoms with van der Waals surface area (Å²) in [5.41, 5.74) is 1.13. The van der Waals surface area contributed by atoms with Crippen molar-refractivity contribution in [1.82, 2.24) is 4.90 Å². The molecule has 1 atom stereocenters. The van der Waals surface area contributed by atoms with Gasteiger partial charge in [0.05, 0.1) is 0 Å². The normalized spacial score (nSPS) is 17.5. The van der Waals surface area contributed by atoms with E-state index in [4.69, 9.17) is 4.74 Å². The lowest BCUT2D eigenvalue weighted by Gasteiger charge is -2.34. The van der Waals surface area contributed by atoms with Crippen LogP contribution < -0.4 is 4.74 Å². The first-order valence-corrected chi connectivity index (χ1v) is 6.93. The number of nitrogens with zero attached hydrogens (tertiary/aromatic N) is 1. The van der Waals surface area contributed by atoms with Crippen molar-refractivity contribution in [3.8, 4) is 11.5 Å². The predicted molar refractivity (Wildman–Crippen MR) is 83.6 cm³/mol. The molecule has 1 heterocycles. The maximum absolute atomic E-state index is 9.55. The van der Waals surface area contributed by atoms with E-state index in [1.807, 2.05) is 12.1 Å². The standard InChI is InChI=1S/C15H23NO2.BrH/c1-3-7-16(8-4-2)13-9-12-10-14(17)5-6-15(12)18-11-13;/h5-6,10,13,17H,3-4,7-9,11H2,1-2H3;1H. The molecule has 0 spiro atoms. The number of fused-ring (bicyclic) bond motifs is 1.